The van der Waals surface area contributed by atoms with E-state index in [9.17, 15) is 0 Å². The van der Waals surface area contributed by atoms with Gasteiger partial charge in [-0.15, -0.1) is 11.3 Å². The Balaban J connectivity index is 1.12. The first-order chi connectivity index (χ1) is 27.3. The molecule has 3 heteroatoms. The topological polar surface area (TPSA) is 8.17 Å². The fourth-order valence-electron chi connectivity index (χ4n) is 8.52. The van der Waals surface area contributed by atoms with Crippen molar-refractivity contribution in [3.63, 3.8) is 0 Å². The Kier molecular flexibility index (Phi) is 7.39. The molecule has 0 aliphatic rings. The molecule has 0 aliphatic heterocycles. The maximum Gasteiger partial charge on any atom is 0.0541 e. The molecule has 11 aromatic rings. The lowest BCUT2D eigenvalue weighted by Gasteiger charge is -2.28. The number of para-hydroxylation sites is 3. The highest BCUT2D eigenvalue weighted by molar-refractivity contribution is 7.26. The first-order valence-electron chi connectivity index (χ1n) is 18.8. The van der Waals surface area contributed by atoms with Crippen LogP contribution < -0.4 is 4.90 Å². The number of thiophene rings is 1. The maximum atomic E-state index is 2.44. The summed E-state index contributed by atoms with van der Waals surface area (Å²) in [6, 6.07) is 75.2. The van der Waals surface area contributed by atoms with Gasteiger partial charge in [-0.2, -0.15) is 0 Å². The molecule has 55 heavy (non-hydrogen) atoms. The molecule has 0 saturated carbocycles. The highest BCUT2D eigenvalue weighted by Crippen LogP contribution is 2.46. The van der Waals surface area contributed by atoms with Crippen molar-refractivity contribution in [2.75, 3.05) is 4.90 Å². The Hall–Kier alpha value is -6.94. The molecule has 2 aromatic heterocycles. The molecule has 0 radical (unpaired) electrons. The third-order valence-corrected chi connectivity index (χ3v) is 12.2. The molecule has 0 saturated heterocycles. The molecule has 2 nitrogen and oxygen atoms in total. The van der Waals surface area contributed by atoms with E-state index >= 15 is 0 Å². The van der Waals surface area contributed by atoms with Gasteiger partial charge in [0.15, 0.2) is 0 Å². The van der Waals surface area contributed by atoms with Crippen LogP contribution in [0.2, 0.25) is 0 Å². The van der Waals surface area contributed by atoms with E-state index in [0.29, 0.717) is 0 Å². The first kappa shape index (κ1) is 31.6. The lowest BCUT2D eigenvalue weighted by atomic mass is 9.97. The van der Waals surface area contributed by atoms with Crippen LogP contribution in [0.5, 0.6) is 0 Å². The van der Waals surface area contributed by atoms with Crippen molar-refractivity contribution in [2.45, 2.75) is 0 Å². The summed E-state index contributed by atoms with van der Waals surface area (Å²) >= 11 is 1.88. The molecule has 0 fully saturated rings. The van der Waals surface area contributed by atoms with Gasteiger partial charge in [0.1, 0.15) is 0 Å². The van der Waals surface area contributed by atoms with E-state index in [2.05, 4.69) is 216 Å². The van der Waals surface area contributed by atoms with Crippen LogP contribution in [0.3, 0.4) is 0 Å². The second-order valence-electron chi connectivity index (χ2n) is 14.1. The zero-order valence-electron chi connectivity index (χ0n) is 29.9. The number of fused-ring (bicyclic) bond motifs is 7. The van der Waals surface area contributed by atoms with Crippen LogP contribution in [0, 0.1) is 0 Å². The molecular weight excluding hydrogens is 685 g/mol. The molecule has 9 aromatic carbocycles. The standard InChI is InChI=1S/C52H34N2S/c1-2-18-40-35(14-1)15-12-23-41(40)36-16-11-17-39(34-36)53(37-30-32-38(33-31-37)54-49-27-8-3-19-42(49)43-20-4-9-28-50(43)54)48-26-7-5-21-44(48)46-24-13-25-47-45-22-6-10-29-51(45)55-52(46)47/h1-34H. The van der Waals surface area contributed by atoms with Crippen molar-refractivity contribution < 1.29 is 0 Å². The van der Waals surface area contributed by atoms with Gasteiger partial charge < -0.3 is 9.47 Å². The minimum atomic E-state index is 1.09. The van der Waals surface area contributed by atoms with Crippen LogP contribution in [0.1, 0.15) is 0 Å². The highest BCUT2D eigenvalue weighted by Gasteiger charge is 2.21. The molecule has 258 valence electrons. The molecule has 0 atom stereocenters. The SMILES string of the molecule is c1cc(-c2cccc3ccccc23)cc(N(c2ccc(-n3c4ccccc4c4ccccc43)cc2)c2ccccc2-c2cccc3c2sc2ccccc23)c1. The van der Waals surface area contributed by atoms with Crippen LogP contribution in [-0.2, 0) is 0 Å². The van der Waals surface area contributed by atoms with Crippen molar-refractivity contribution in [2.24, 2.45) is 0 Å². The van der Waals surface area contributed by atoms with Gasteiger partial charge in [0, 0.05) is 59.1 Å². The fourth-order valence-corrected chi connectivity index (χ4v) is 9.75. The molecule has 0 aliphatic carbocycles. The van der Waals surface area contributed by atoms with Gasteiger partial charge >= 0.3 is 0 Å². The van der Waals surface area contributed by atoms with Gasteiger partial charge in [-0.25, -0.2) is 0 Å². The summed E-state index contributed by atoms with van der Waals surface area (Å²) < 4.78 is 5.00. The van der Waals surface area contributed by atoms with Crippen molar-refractivity contribution in [3.8, 4) is 27.9 Å². The Labute approximate surface area is 323 Å². The van der Waals surface area contributed by atoms with Crippen LogP contribution in [0.15, 0.2) is 206 Å². The maximum absolute atomic E-state index is 2.44. The number of hydrogen-bond acceptors (Lipinski definition) is 2. The molecule has 0 N–H and O–H groups in total. The monoisotopic (exact) mass is 718 g/mol. The van der Waals surface area contributed by atoms with E-state index in [-0.39, 0.29) is 0 Å². The number of aromatic nitrogens is 1. The van der Waals surface area contributed by atoms with E-state index in [4.69, 9.17) is 0 Å². The largest absolute Gasteiger partial charge is 0.310 e. The summed E-state index contributed by atoms with van der Waals surface area (Å²) in [5.41, 5.74) is 11.7. The lowest BCUT2D eigenvalue weighted by molar-refractivity contribution is 1.17. The van der Waals surface area contributed by atoms with Gasteiger partial charge in [-0.05, 0) is 82.6 Å². The smallest absolute Gasteiger partial charge is 0.0541 e. The quantitative estimate of drug-likeness (QED) is 0.166. The summed E-state index contributed by atoms with van der Waals surface area (Å²) in [6.45, 7) is 0. The zero-order chi connectivity index (χ0) is 36.3. The average molecular weight is 719 g/mol. The van der Waals surface area contributed by atoms with E-state index < -0.39 is 0 Å². The highest BCUT2D eigenvalue weighted by atomic mass is 32.1. The first-order valence-corrected chi connectivity index (χ1v) is 19.6. The molecule has 0 bridgehead atoms. The molecule has 11 rings (SSSR count). The summed E-state index contributed by atoms with van der Waals surface area (Å²) in [7, 11) is 0. The number of nitrogens with zero attached hydrogens (tertiary/aromatic N) is 2. The molecule has 0 amide bonds. The van der Waals surface area contributed by atoms with Crippen molar-refractivity contribution >= 4 is 81.1 Å². The van der Waals surface area contributed by atoms with Gasteiger partial charge in [0.25, 0.3) is 0 Å². The average Bonchev–Trinajstić information content (AvgIpc) is 3.80. The molecule has 0 unspecified atom stereocenters. The number of benzene rings is 9. The summed E-state index contributed by atoms with van der Waals surface area (Å²) in [4.78, 5) is 2.44. The minimum Gasteiger partial charge on any atom is -0.310 e. The van der Waals surface area contributed by atoms with Crippen LogP contribution >= 0.6 is 11.3 Å². The van der Waals surface area contributed by atoms with Gasteiger partial charge in [-0.3, -0.25) is 0 Å². The summed E-state index contributed by atoms with van der Waals surface area (Å²) in [5.74, 6) is 0. The normalized spacial score (nSPS) is 11.6. The number of anilines is 3. The fraction of sp³-hybridized carbons (Fsp3) is 0. The van der Waals surface area contributed by atoms with Gasteiger partial charge in [0.2, 0.25) is 0 Å². The minimum absolute atomic E-state index is 1.09. The molecular formula is C52H34N2S. The Morgan fingerprint density at radius 1 is 0.382 bits per heavy atom. The second kappa shape index (κ2) is 12.9. The Morgan fingerprint density at radius 2 is 0.964 bits per heavy atom. The van der Waals surface area contributed by atoms with E-state index in [1.807, 2.05) is 11.3 Å². The zero-order valence-corrected chi connectivity index (χ0v) is 30.7. The van der Waals surface area contributed by atoms with Crippen LogP contribution in [0.25, 0.3) is 80.7 Å². The third kappa shape index (κ3) is 5.16. The van der Waals surface area contributed by atoms with Gasteiger partial charge in [-0.1, -0.05) is 146 Å². The van der Waals surface area contributed by atoms with Crippen molar-refractivity contribution in [1.82, 2.24) is 4.57 Å². The second-order valence-corrected chi connectivity index (χ2v) is 15.1. The van der Waals surface area contributed by atoms with Crippen molar-refractivity contribution in [3.05, 3.63) is 206 Å². The number of rotatable bonds is 6. The Bertz CT molecular complexity index is 3160. The van der Waals surface area contributed by atoms with Gasteiger partial charge in [0.05, 0.1) is 16.7 Å². The number of hydrogen-bond donors (Lipinski definition) is 0. The van der Waals surface area contributed by atoms with E-state index in [1.165, 1.54) is 75.0 Å². The van der Waals surface area contributed by atoms with Crippen LogP contribution in [-0.4, -0.2) is 4.57 Å². The predicted octanol–water partition coefficient (Wildman–Crippen LogP) is 15.1. The third-order valence-electron chi connectivity index (χ3n) is 11.0. The molecule has 2 heterocycles. The predicted molar refractivity (Wildman–Crippen MR) is 237 cm³/mol. The summed E-state index contributed by atoms with van der Waals surface area (Å²) in [5, 5.41) is 7.62. The van der Waals surface area contributed by atoms with Crippen molar-refractivity contribution in [1.29, 1.82) is 0 Å². The van der Waals surface area contributed by atoms with E-state index in [0.717, 1.165) is 22.7 Å². The lowest BCUT2D eigenvalue weighted by Crippen LogP contribution is -2.11. The summed E-state index contributed by atoms with van der Waals surface area (Å²) in [6.07, 6.45) is 0. The van der Waals surface area contributed by atoms with E-state index in [1.54, 1.807) is 0 Å². The van der Waals surface area contributed by atoms with Crippen LogP contribution in [0.4, 0.5) is 17.1 Å². The molecule has 0 spiro atoms. The Morgan fingerprint density at radius 3 is 1.78 bits per heavy atom.